The van der Waals surface area contributed by atoms with Gasteiger partial charge in [0.15, 0.2) is 0 Å². The Hall–Kier alpha value is -1.39. The highest BCUT2D eigenvalue weighted by molar-refractivity contribution is 9.10. The van der Waals surface area contributed by atoms with Crippen molar-refractivity contribution < 1.29 is 9.47 Å². The van der Waals surface area contributed by atoms with Gasteiger partial charge in [-0.15, -0.1) is 0 Å². The van der Waals surface area contributed by atoms with E-state index < -0.39 is 0 Å². The van der Waals surface area contributed by atoms with Gasteiger partial charge < -0.3 is 14.8 Å². The normalized spacial score (nSPS) is 10.3. The quantitative estimate of drug-likeness (QED) is 0.800. The molecule has 0 aromatic heterocycles. The highest BCUT2D eigenvalue weighted by Crippen LogP contribution is 2.34. The zero-order valence-electron chi connectivity index (χ0n) is 12.2. The molecule has 0 unspecified atom stereocenters. The number of benzene rings is 2. The second-order valence-corrected chi connectivity index (χ2v) is 5.90. The van der Waals surface area contributed by atoms with E-state index in [4.69, 9.17) is 21.1 Å². The van der Waals surface area contributed by atoms with E-state index in [9.17, 15) is 0 Å². The van der Waals surface area contributed by atoms with Crippen molar-refractivity contribution in [1.82, 2.24) is 0 Å². The van der Waals surface area contributed by atoms with Crippen LogP contribution < -0.4 is 14.8 Å². The van der Waals surface area contributed by atoms with Gasteiger partial charge in [0.25, 0.3) is 0 Å². The summed E-state index contributed by atoms with van der Waals surface area (Å²) in [5, 5.41) is 4.06. The number of anilines is 1. The lowest BCUT2D eigenvalue weighted by atomic mass is 10.1. The van der Waals surface area contributed by atoms with E-state index in [1.54, 1.807) is 14.2 Å². The second-order valence-electron chi connectivity index (χ2n) is 4.57. The smallest absolute Gasteiger partial charge is 0.143 e. The van der Waals surface area contributed by atoms with Gasteiger partial charge in [-0.05, 0) is 36.8 Å². The van der Waals surface area contributed by atoms with Crippen LogP contribution in [0.15, 0.2) is 34.8 Å². The predicted octanol–water partition coefficient (Wildman–Crippen LogP) is 5.04. The average Bonchev–Trinajstić information content (AvgIpc) is 2.46. The molecule has 3 nitrogen and oxygen atoms in total. The number of rotatable bonds is 5. The van der Waals surface area contributed by atoms with E-state index in [1.807, 2.05) is 37.3 Å². The summed E-state index contributed by atoms with van der Waals surface area (Å²) in [6.45, 7) is 2.58. The van der Waals surface area contributed by atoms with Crippen LogP contribution in [0.25, 0.3) is 0 Å². The molecule has 112 valence electrons. The first-order valence-electron chi connectivity index (χ1n) is 6.46. The van der Waals surface area contributed by atoms with Gasteiger partial charge in [-0.2, -0.15) is 0 Å². The van der Waals surface area contributed by atoms with E-state index >= 15 is 0 Å². The SMILES string of the molecule is COc1cccc(Cl)c1CNc1c(C)cc(Br)cc1OC. The summed E-state index contributed by atoms with van der Waals surface area (Å²) < 4.78 is 11.8. The van der Waals surface area contributed by atoms with Crippen molar-refractivity contribution in [2.75, 3.05) is 19.5 Å². The summed E-state index contributed by atoms with van der Waals surface area (Å²) in [7, 11) is 3.29. The average molecular weight is 371 g/mol. The fraction of sp³-hybridized carbons (Fsp3) is 0.250. The Kier molecular flexibility index (Phi) is 5.37. The minimum atomic E-state index is 0.557. The Morgan fingerprint density at radius 1 is 1.14 bits per heavy atom. The standard InChI is InChI=1S/C16H17BrClNO2/c1-10-7-11(17)8-15(21-3)16(10)19-9-12-13(18)5-4-6-14(12)20-2/h4-8,19H,9H2,1-3H3. The number of methoxy groups -OCH3 is 2. The zero-order valence-corrected chi connectivity index (χ0v) is 14.5. The van der Waals surface area contributed by atoms with Crippen molar-refractivity contribution in [2.24, 2.45) is 0 Å². The molecule has 0 bridgehead atoms. The lowest BCUT2D eigenvalue weighted by Gasteiger charge is -2.16. The minimum absolute atomic E-state index is 0.557. The fourth-order valence-corrected chi connectivity index (χ4v) is 2.96. The molecule has 5 heteroatoms. The molecule has 0 aliphatic carbocycles. The molecule has 2 rings (SSSR count). The van der Waals surface area contributed by atoms with Crippen molar-refractivity contribution in [2.45, 2.75) is 13.5 Å². The summed E-state index contributed by atoms with van der Waals surface area (Å²) in [5.41, 5.74) is 2.96. The topological polar surface area (TPSA) is 30.5 Å². The van der Waals surface area contributed by atoms with Gasteiger partial charge in [-0.1, -0.05) is 33.6 Å². The van der Waals surface area contributed by atoms with Crippen molar-refractivity contribution in [3.8, 4) is 11.5 Å². The Morgan fingerprint density at radius 2 is 1.86 bits per heavy atom. The Balaban J connectivity index is 2.29. The highest BCUT2D eigenvalue weighted by Gasteiger charge is 2.11. The van der Waals surface area contributed by atoms with Gasteiger partial charge in [0, 0.05) is 21.6 Å². The highest BCUT2D eigenvalue weighted by atomic mass is 79.9. The largest absolute Gasteiger partial charge is 0.496 e. The van der Waals surface area contributed by atoms with Crippen LogP contribution in [0, 0.1) is 6.92 Å². The molecule has 0 aliphatic heterocycles. The van der Waals surface area contributed by atoms with Crippen LogP contribution in [-0.2, 0) is 6.54 Å². The van der Waals surface area contributed by atoms with Gasteiger partial charge in [0.2, 0.25) is 0 Å². The number of hydrogen-bond acceptors (Lipinski definition) is 3. The van der Waals surface area contributed by atoms with Crippen LogP contribution >= 0.6 is 27.5 Å². The summed E-state index contributed by atoms with van der Waals surface area (Å²) in [5.74, 6) is 1.55. The number of nitrogens with one attached hydrogen (secondary N) is 1. The van der Waals surface area contributed by atoms with Crippen LogP contribution in [-0.4, -0.2) is 14.2 Å². The maximum Gasteiger partial charge on any atom is 0.143 e. The molecule has 0 amide bonds. The van der Waals surface area contributed by atoms with Crippen molar-refractivity contribution in [3.05, 3.63) is 51.0 Å². The summed E-state index contributed by atoms with van der Waals surface area (Å²) in [6.07, 6.45) is 0. The molecule has 0 aliphatic rings. The summed E-state index contributed by atoms with van der Waals surface area (Å²) >= 11 is 9.72. The molecule has 0 spiro atoms. The van der Waals surface area contributed by atoms with E-state index in [1.165, 1.54) is 0 Å². The number of aryl methyl sites for hydroxylation is 1. The first-order chi connectivity index (χ1) is 10.1. The lowest BCUT2D eigenvalue weighted by Crippen LogP contribution is -2.05. The van der Waals surface area contributed by atoms with Gasteiger partial charge in [-0.25, -0.2) is 0 Å². The third-order valence-electron chi connectivity index (χ3n) is 3.22. The molecular weight excluding hydrogens is 354 g/mol. The molecule has 0 saturated carbocycles. The Labute approximate surface area is 138 Å². The molecule has 2 aromatic rings. The van der Waals surface area contributed by atoms with E-state index in [0.29, 0.717) is 11.6 Å². The first kappa shape index (κ1) is 16.0. The molecule has 0 heterocycles. The molecule has 0 atom stereocenters. The van der Waals surface area contributed by atoms with Crippen molar-refractivity contribution in [3.63, 3.8) is 0 Å². The third-order valence-corrected chi connectivity index (χ3v) is 4.03. The molecule has 21 heavy (non-hydrogen) atoms. The molecule has 0 saturated heterocycles. The van der Waals surface area contributed by atoms with Gasteiger partial charge in [0.05, 0.1) is 19.9 Å². The molecular formula is C16H17BrClNO2. The molecule has 0 radical (unpaired) electrons. The number of halogens is 2. The fourth-order valence-electron chi connectivity index (χ4n) is 2.18. The van der Waals surface area contributed by atoms with Gasteiger partial charge in [0.1, 0.15) is 11.5 Å². The van der Waals surface area contributed by atoms with E-state index in [-0.39, 0.29) is 0 Å². The molecule has 1 N–H and O–H groups in total. The number of ether oxygens (including phenoxy) is 2. The maximum atomic E-state index is 6.25. The number of hydrogen-bond donors (Lipinski definition) is 1. The minimum Gasteiger partial charge on any atom is -0.496 e. The van der Waals surface area contributed by atoms with Crippen LogP contribution in [0.3, 0.4) is 0 Å². The van der Waals surface area contributed by atoms with Crippen molar-refractivity contribution >= 4 is 33.2 Å². The van der Waals surface area contributed by atoms with Crippen LogP contribution in [0.2, 0.25) is 5.02 Å². The zero-order chi connectivity index (χ0) is 15.4. The predicted molar refractivity (Wildman–Crippen MR) is 90.8 cm³/mol. The van der Waals surface area contributed by atoms with E-state index in [0.717, 1.165) is 32.8 Å². The lowest BCUT2D eigenvalue weighted by molar-refractivity contribution is 0.409. The molecule has 0 fully saturated rings. The first-order valence-corrected chi connectivity index (χ1v) is 7.63. The van der Waals surface area contributed by atoms with Crippen LogP contribution in [0.4, 0.5) is 5.69 Å². The Morgan fingerprint density at radius 3 is 2.52 bits per heavy atom. The van der Waals surface area contributed by atoms with Gasteiger partial charge >= 0.3 is 0 Å². The third kappa shape index (κ3) is 3.63. The summed E-state index contributed by atoms with van der Waals surface area (Å²) in [4.78, 5) is 0. The van der Waals surface area contributed by atoms with Crippen LogP contribution in [0.5, 0.6) is 11.5 Å². The second kappa shape index (κ2) is 7.05. The Bertz CT molecular complexity index is 646. The monoisotopic (exact) mass is 369 g/mol. The molecule has 2 aromatic carbocycles. The van der Waals surface area contributed by atoms with Gasteiger partial charge in [-0.3, -0.25) is 0 Å². The summed E-state index contributed by atoms with van der Waals surface area (Å²) in [6, 6.07) is 9.59. The van der Waals surface area contributed by atoms with Crippen LogP contribution in [0.1, 0.15) is 11.1 Å². The van der Waals surface area contributed by atoms with Crippen molar-refractivity contribution in [1.29, 1.82) is 0 Å². The maximum absolute atomic E-state index is 6.25. The van der Waals surface area contributed by atoms with E-state index in [2.05, 4.69) is 21.2 Å².